The summed E-state index contributed by atoms with van der Waals surface area (Å²) in [5.41, 5.74) is -0.291. The molecule has 0 aliphatic heterocycles. The number of methoxy groups -OCH3 is 1. The van der Waals surface area contributed by atoms with E-state index in [1.807, 2.05) is 0 Å². The lowest BCUT2D eigenvalue weighted by molar-refractivity contribution is -0.157. The van der Waals surface area contributed by atoms with Crippen LogP contribution in [0, 0.1) is 3.57 Å². The first-order valence-electron chi connectivity index (χ1n) is 5.95. The molecule has 0 bridgehead atoms. The fourth-order valence-electron chi connectivity index (χ4n) is 1.41. The van der Waals surface area contributed by atoms with Gasteiger partial charge in [-0.05, 0) is 61.6 Å². The predicted molar refractivity (Wildman–Crippen MR) is 81.8 cm³/mol. The van der Waals surface area contributed by atoms with Gasteiger partial charge in [0.2, 0.25) is 0 Å². The van der Waals surface area contributed by atoms with E-state index < -0.39 is 17.5 Å². The zero-order chi connectivity index (χ0) is 15.3. The summed E-state index contributed by atoms with van der Waals surface area (Å²) in [5.74, 6) is -0.710. The molecule has 0 unspecified atom stereocenters. The van der Waals surface area contributed by atoms with Gasteiger partial charge in [0.05, 0.1) is 7.11 Å². The van der Waals surface area contributed by atoms with Crippen LogP contribution in [0.5, 0.6) is 5.75 Å². The molecule has 6 heteroatoms. The van der Waals surface area contributed by atoms with Crippen LogP contribution in [0.2, 0.25) is 0 Å². The van der Waals surface area contributed by atoms with Gasteiger partial charge in [-0.1, -0.05) is 0 Å². The molecule has 0 saturated carbocycles. The molecule has 0 aliphatic carbocycles. The zero-order valence-corrected chi connectivity index (χ0v) is 14.0. The van der Waals surface area contributed by atoms with E-state index in [-0.39, 0.29) is 12.2 Å². The lowest BCUT2D eigenvalue weighted by atomic mass is 10.2. The van der Waals surface area contributed by atoms with Gasteiger partial charge in [-0.15, -0.1) is 0 Å². The molecule has 20 heavy (non-hydrogen) atoms. The summed E-state index contributed by atoms with van der Waals surface area (Å²) in [5, 5.41) is 0. The third-order valence-corrected chi connectivity index (χ3v) is 2.78. The first-order valence-corrected chi connectivity index (χ1v) is 7.03. The maximum Gasteiger partial charge on any atom is 0.344 e. The van der Waals surface area contributed by atoms with Crippen molar-refractivity contribution in [3.05, 3.63) is 27.3 Å². The third-order valence-electron chi connectivity index (χ3n) is 2.11. The Kier molecular flexibility index (Phi) is 5.79. The van der Waals surface area contributed by atoms with E-state index in [9.17, 15) is 9.59 Å². The molecule has 0 aromatic heterocycles. The number of hydrogen-bond acceptors (Lipinski definition) is 5. The first kappa shape index (κ1) is 16.7. The average molecular weight is 392 g/mol. The van der Waals surface area contributed by atoms with Crippen molar-refractivity contribution < 1.29 is 23.8 Å². The van der Waals surface area contributed by atoms with Crippen LogP contribution < -0.4 is 4.74 Å². The van der Waals surface area contributed by atoms with Crippen molar-refractivity contribution in [2.24, 2.45) is 0 Å². The van der Waals surface area contributed by atoms with E-state index >= 15 is 0 Å². The van der Waals surface area contributed by atoms with E-state index in [1.165, 1.54) is 7.11 Å². The highest BCUT2D eigenvalue weighted by atomic mass is 127. The zero-order valence-electron chi connectivity index (χ0n) is 11.9. The van der Waals surface area contributed by atoms with Crippen LogP contribution in [0.15, 0.2) is 18.2 Å². The smallest absolute Gasteiger partial charge is 0.344 e. The average Bonchev–Trinajstić information content (AvgIpc) is 2.34. The largest absolute Gasteiger partial charge is 0.481 e. The number of benzene rings is 1. The molecule has 1 aromatic carbocycles. The summed E-state index contributed by atoms with van der Waals surface area (Å²) in [6.45, 7) is 5.06. The second-order valence-corrected chi connectivity index (χ2v) is 6.25. The van der Waals surface area contributed by atoms with Gasteiger partial charge >= 0.3 is 11.9 Å². The Morgan fingerprint density at radius 2 is 1.90 bits per heavy atom. The van der Waals surface area contributed by atoms with Gasteiger partial charge in [0.1, 0.15) is 16.9 Å². The molecule has 5 nitrogen and oxygen atoms in total. The minimum atomic E-state index is -0.572. The lowest BCUT2D eigenvalue weighted by Gasteiger charge is -2.19. The molecular weight excluding hydrogens is 375 g/mol. The monoisotopic (exact) mass is 392 g/mol. The third kappa shape index (κ3) is 5.36. The standard InChI is InChI=1S/C14H17IO5/c1-14(2,3)20-12(16)8-19-11-6-5-9(15)7-10(11)13(17)18-4/h5-7H,8H2,1-4H3. The quantitative estimate of drug-likeness (QED) is 0.583. The maximum atomic E-state index is 11.6. The van der Waals surface area contributed by atoms with Crippen LogP contribution in [0.25, 0.3) is 0 Å². The topological polar surface area (TPSA) is 61.8 Å². The molecule has 0 amide bonds. The molecule has 0 spiro atoms. The Hall–Kier alpha value is -1.31. The Balaban J connectivity index is 2.78. The number of hydrogen-bond donors (Lipinski definition) is 0. The highest BCUT2D eigenvalue weighted by Crippen LogP contribution is 2.22. The maximum absolute atomic E-state index is 11.6. The second-order valence-electron chi connectivity index (χ2n) is 5.01. The van der Waals surface area contributed by atoms with Gasteiger partial charge in [0.15, 0.2) is 6.61 Å². The van der Waals surface area contributed by atoms with Crippen molar-refractivity contribution in [2.75, 3.05) is 13.7 Å². The van der Waals surface area contributed by atoms with E-state index in [4.69, 9.17) is 9.47 Å². The minimum absolute atomic E-state index is 0.262. The SMILES string of the molecule is COC(=O)c1cc(I)ccc1OCC(=O)OC(C)(C)C. The van der Waals surface area contributed by atoms with Crippen LogP contribution in [0.1, 0.15) is 31.1 Å². The Morgan fingerprint density at radius 3 is 2.45 bits per heavy atom. The minimum Gasteiger partial charge on any atom is -0.481 e. The van der Waals surface area contributed by atoms with Crippen LogP contribution in [-0.2, 0) is 14.3 Å². The molecule has 0 atom stereocenters. The van der Waals surface area contributed by atoms with E-state index in [0.29, 0.717) is 5.75 Å². The fraction of sp³-hybridized carbons (Fsp3) is 0.429. The molecule has 110 valence electrons. The van der Waals surface area contributed by atoms with Gasteiger partial charge in [-0.2, -0.15) is 0 Å². The molecule has 0 aliphatic rings. The van der Waals surface area contributed by atoms with Crippen LogP contribution in [0.3, 0.4) is 0 Å². The summed E-state index contributed by atoms with van der Waals surface area (Å²) in [6, 6.07) is 5.03. The summed E-state index contributed by atoms with van der Waals surface area (Å²) in [7, 11) is 1.29. The van der Waals surface area contributed by atoms with Gasteiger partial charge in [-0.25, -0.2) is 9.59 Å². The molecular formula is C14H17IO5. The van der Waals surface area contributed by atoms with E-state index in [2.05, 4.69) is 27.3 Å². The van der Waals surface area contributed by atoms with Crippen molar-refractivity contribution in [3.8, 4) is 5.75 Å². The molecule has 0 heterocycles. The molecule has 0 saturated heterocycles. The number of esters is 2. The number of carbonyl (C=O) groups is 2. The van der Waals surface area contributed by atoms with Crippen LogP contribution >= 0.6 is 22.6 Å². The molecule has 0 radical (unpaired) electrons. The molecule has 0 fully saturated rings. The van der Waals surface area contributed by atoms with Crippen molar-refractivity contribution in [1.82, 2.24) is 0 Å². The summed E-state index contributed by atoms with van der Waals surface area (Å²) in [6.07, 6.45) is 0. The normalized spacial score (nSPS) is 10.8. The molecule has 0 N–H and O–H groups in total. The Labute approximate surface area is 131 Å². The summed E-state index contributed by atoms with van der Waals surface area (Å²) < 4.78 is 16.0. The molecule has 1 rings (SSSR count). The van der Waals surface area contributed by atoms with Gasteiger partial charge in [0, 0.05) is 3.57 Å². The highest BCUT2D eigenvalue weighted by molar-refractivity contribution is 14.1. The van der Waals surface area contributed by atoms with Gasteiger partial charge < -0.3 is 14.2 Å². The van der Waals surface area contributed by atoms with Crippen LogP contribution in [0.4, 0.5) is 0 Å². The summed E-state index contributed by atoms with van der Waals surface area (Å²) >= 11 is 2.08. The first-order chi connectivity index (χ1) is 9.23. The predicted octanol–water partition coefficient (Wildman–Crippen LogP) is 2.80. The highest BCUT2D eigenvalue weighted by Gasteiger charge is 2.19. The van der Waals surface area contributed by atoms with Crippen molar-refractivity contribution in [3.63, 3.8) is 0 Å². The fourth-order valence-corrected chi connectivity index (χ4v) is 1.90. The number of halogens is 1. The van der Waals surface area contributed by atoms with Gasteiger partial charge in [-0.3, -0.25) is 0 Å². The van der Waals surface area contributed by atoms with Gasteiger partial charge in [0.25, 0.3) is 0 Å². The van der Waals surface area contributed by atoms with Crippen molar-refractivity contribution in [1.29, 1.82) is 0 Å². The Bertz CT molecular complexity index is 505. The van der Waals surface area contributed by atoms with E-state index in [1.54, 1.807) is 39.0 Å². The lowest BCUT2D eigenvalue weighted by Crippen LogP contribution is -2.27. The number of ether oxygens (including phenoxy) is 3. The number of carbonyl (C=O) groups excluding carboxylic acids is 2. The van der Waals surface area contributed by atoms with Crippen molar-refractivity contribution in [2.45, 2.75) is 26.4 Å². The summed E-state index contributed by atoms with van der Waals surface area (Å²) in [4.78, 5) is 23.2. The van der Waals surface area contributed by atoms with Crippen molar-refractivity contribution >= 4 is 34.5 Å². The Morgan fingerprint density at radius 1 is 1.25 bits per heavy atom. The second kappa shape index (κ2) is 6.92. The number of rotatable bonds is 4. The molecule has 1 aromatic rings. The van der Waals surface area contributed by atoms with Crippen LogP contribution in [-0.4, -0.2) is 31.3 Å². The van der Waals surface area contributed by atoms with E-state index in [0.717, 1.165) is 3.57 Å².